The van der Waals surface area contributed by atoms with Crippen LogP contribution in [0.5, 0.6) is 0 Å². The van der Waals surface area contributed by atoms with E-state index in [0.717, 1.165) is 16.8 Å². The van der Waals surface area contributed by atoms with Gasteiger partial charge in [0.1, 0.15) is 0 Å². The molecule has 1 unspecified atom stereocenters. The normalized spacial score (nSPS) is 21.1. The smallest absolute Gasteiger partial charge is 0.261 e. The van der Waals surface area contributed by atoms with Crippen molar-refractivity contribution >= 4 is 11.6 Å². The van der Waals surface area contributed by atoms with Crippen LogP contribution >= 0.6 is 0 Å². The van der Waals surface area contributed by atoms with Gasteiger partial charge in [0.2, 0.25) is 0 Å². The summed E-state index contributed by atoms with van der Waals surface area (Å²) in [5.74, 6) is -0.00417. The fourth-order valence-electron chi connectivity index (χ4n) is 3.01. The SMILES string of the molecule is CCC1(OC)c2ccccc2C(=O)N1c1ccccc1. The van der Waals surface area contributed by atoms with Gasteiger partial charge < -0.3 is 4.74 Å². The van der Waals surface area contributed by atoms with Crippen LogP contribution in [-0.4, -0.2) is 13.0 Å². The number of hydrogen-bond acceptors (Lipinski definition) is 2. The molecular formula is C17H17NO2. The van der Waals surface area contributed by atoms with Crippen molar-refractivity contribution in [3.8, 4) is 0 Å². The zero-order valence-electron chi connectivity index (χ0n) is 11.7. The molecule has 0 aliphatic carbocycles. The Morgan fingerprint density at radius 3 is 2.35 bits per heavy atom. The molecule has 0 saturated carbocycles. The molecule has 1 aliphatic heterocycles. The highest BCUT2D eigenvalue weighted by Gasteiger charge is 2.49. The van der Waals surface area contributed by atoms with Gasteiger partial charge in [-0.15, -0.1) is 0 Å². The van der Waals surface area contributed by atoms with Crippen LogP contribution in [0.15, 0.2) is 54.6 Å². The third-order valence-electron chi connectivity index (χ3n) is 3.97. The first kappa shape index (κ1) is 12.9. The van der Waals surface area contributed by atoms with Crippen molar-refractivity contribution in [1.29, 1.82) is 0 Å². The second-order valence-corrected chi connectivity index (χ2v) is 4.86. The third-order valence-corrected chi connectivity index (χ3v) is 3.97. The van der Waals surface area contributed by atoms with Crippen LogP contribution in [0.2, 0.25) is 0 Å². The van der Waals surface area contributed by atoms with E-state index in [4.69, 9.17) is 4.74 Å². The number of carbonyl (C=O) groups excluding carboxylic acids is 1. The van der Waals surface area contributed by atoms with Crippen molar-refractivity contribution in [2.24, 2.45) is 0 Å². The summed E-state index contributed by atoms with van der Waals surface area (Å²) in [5.41, 5.74) is 1.81. The van der Waals surface area contributed by atoms with E-state index < -0.39 is 5.72 Å². The first-order valence-electron chi connectivity index (χ1n) is 6.79. The van der Waals surface area contributed by atoms with Gasteiger partial charge in [0.05, 0.1) is 0 Å². The molecule has 3 heteroatoms. The second kappa shape index (κ2) is 4.76. The maximum absolute atomic E-state index is 12.8. The van der Waals surface area contributed by atoms with Gasteiger partial charge in [-0.3, -0.25) is 9.69 Å². The molecule has 0 spiro atoms. The second-order valence-electron chi connectivity index (χ2n) is 4.86. The number of anilines is 1. The molecule has 0 fully saturated rings. The maximum Gasteiger partial charge on any atom is 0.261 e. The van der Waals surface area contributed by atoms with Crippen molar-refractivity contribution in [3.63, 3.8) is 0 Å². The zero-order chi connectivity index (χ0) is 14.2. The lowest BCUT2D eigenvalue weighted by Gasteiger charge is -2.37. The van der Waals surface area contributed by atoms with E-state index in [2.05, 4.69) is 0 Å². The molecule has 1 heterocycles. The lowest BCUT2D eigenvalue weighted by Crippen LogP contribution is -2.45. The van der Waals surface area contributed by atoms with Crippen molar-refractivity contribution in [3.05, 3.63) is 65.7 Å². The summed E-state index contributed by atoms with van der Waals surface area (Å²) >= 11 is 0. The van der Waals surface area contributed by atoms with E-state index in [1.165, 1.54) is 0 Å². The van der Waals surface area contributed by atoms with Crippen LogP contribution in [-0.2, 0) is 10.5 Å². The summed E-state index contributed by atoms with van der Waals surface area (Å²) in [6.45, 7) is 2.04. The number of methoxy groups -OCH3 is 1. The molecule has 2 aromatic carbocycles. The lowest BCUT2D eigenvalue weighted by atomic mass is 9.98. The highest BCUT2D eigenvalue weighted by Crippen LogP contribution is 2.44. The van der Waals surface area contributed by atoms with E-state index in [9.17, 15) is 4.79 Å². The number of hydrogen-bond donors (Lipinski definition) is 0. The average molecular weight is 267 g/mol. The number of fused-ring (bicyclic) bond motifs is 1. The molecule has 0 aromatic heterocycles. The van der Waals surface area contributed by atoms with Crippen molar-refractivity contribution in [2.75, 3.05) is 12.0 Å². The third kappa shape index (κ3) is 1.60. The molecule has 0 bridgehead atoms. The van der Waals surface area contributed by atoms with Crippen LogP contribution < -0.4 is 4.90 Å². The molecule has 1 amide bonds. The Morgan fingerprint density at radius 1 is 1.05 bits per heavy atom. The van der Waals surface area contributed by atoms with Gasteiger partial charge in [0.25, 0.3) is 5.91 Å². The summed E-state index contributed by atoms with van der Waals surface area (Å²) in [7, 11) is 1.66. The van der Waals surface area contributed by atoms with E-state index in [1.807, 2.05) is 61.5 Å². The first-order valence-corrected chi connectivity index (χ1v) is 6.79. The Labute approximate surface area is 118 Å². The highest BCUT2D eigenvalue weighted by molar-refractivity contribution is 6.11. The molecule has 102 valence electrons. The van der Waals surface area contributed by atoms with Gasteiger partial charge in [-0.1, -0.05) is 43.3 Å². The van der Waals surface area contributed by atoms with E-state index in [0.29, 0.717) is 6.42 Å². The summed E-state index contributed by atoms with van der Waals surface area (Å²) < 4.78 is 5.82. The van der Waals surface area contributed by atoms with Crippen LogP contribution in [0, 0.1) is 0 Å². The predicted octanol–water partition coefficient (Wildman–Crippen LogP) is 3.56. The Morgan fingerprint density at radius 2 is 1.70 bits per heavy atom. The van der Waals surface area contributed by atoms with E-state index in [1.54, 1.807) is 12.0 Å². The Bertz CT molecular complexity index is 632. The number of nitrogens with zero attached hydrogens (tertiary/aromatic N) is 1. The molecule has 3 nitrogen and oxygen atoms in total. The monoisotopic (exact) mass is 267 g/mol. The van der Waals surface area contributed by atoms with Crippen molar-refractivity contribution < 1.29 is 9.53 Å². The van der Waals surface area contributed by atoms with Crippen LogP contribution in [0.3, 0.4) is 0 Å². The Balaban J connectivity index is 2.23. The predicted molar refractivity (Wildman–Crippen MR) is 78.7 cm³/mol. The Kier molecular flexibility index (Phi) is 3.07. The molecule has 0 radical (unpaired) electrons. The molecule has 0 N–H and O–H groups in total. The number of benzene rings is 2. The number of amides is 1. The molecule has 20 heavy (non-hydrogen) atoms. The van der Waals surface area contributed by atoms with E-state index >= 15 is 0 Å². The molecule has 3 rings (SSSR count). The summed E-state index contributed by atoms with van der Waals surface area (Å²) in [6.07, 6.45) is 0.696. The largest absolute Gasteiger partial charge is 0.354 e. The first-order chi connectivity index (χ1) is 9.74. The minimum Gasteiger partial charge on any atom is -0.354 e. The number of para-hydroxylation sites is 1. The topological polar surface area (TPSA) is 29.5 Å². The molecular weight excluding hydrogens is 250 g/mol. The summed E-state index contributed by atoms with van der Waals surface area (Å²) in [4.78, 5) is 14.5. The van der Waals surface area contributed by atoms with Gasteiger partial charge in [-0.2, -0.15) is 0 Å². The molecule has 2 aromatic rings. The fourth-order valence-corrected chi connectivity index (χ4v) is 3.01. The van der Waals surface area contributed by atoms with Crippen molar-refractivity contribution in [2.45, 2.75) is 19.1 Å². The Hall–Kier alpha value is -2.13. The minimum atomic E-state index is -0.713. The minimum absolute atomic E-state index is 0.00417. The van der Waals surface area contributed by atoms with E-state index in [-0.39, 0.29) is 5.91 Å². The number of rotatable bonds is 3. The molecule has 1 aliphatic rings. The van der Waals surface area contributed by atoms with Gasteiger partial charge >= 0.3 is 0 Å². The van der Waals surface area contributed by atoms with Crippen LogP contribution in [0.1, 0.15) is 29.3 Å². The zero-order valence-corrected chi connectivity index (χ0v) is 11.7. The quantitative estimate of drug-likeness (QED) is 0.851. The van der Waals surface area contributed by atoms with Crippen LogP contribution in [0.4, 0.5) is 5.69 Å². The molecule has 0 saturated heterocycles. The standard InChI is InChI=1S/C17H17NO2/c1-3-17(20-2)15-12-8-7-11-14(15)16(19)18(17)13-9-5-4-6-10-13/h4-12H,3H2,1-2H3. The summed E-state index contributed by atoms with van der Waals surface area (Å²) in [6, 6.07) is 17.4. The van der Waals surface area contributed by atoms with Gasteiger partial charge in [0, 0.05) is 23.9 Å². The summed E-state index contributed by atoms with van der Waals surface area (Å²) in [5, 5.41) is 0. The maximum atomic E-state index is 12.8. The average Bonchev–Trinajstić information content (AvgIpc) is 2.78. The highest BCUT2D eigenvalue weighted by atomic mass is 16.5. The van der Waals surface area contributed by atoms with Crippen LogP contribution in [0.25, 0.3) is 0 Å². The van der Waals surface area contributed by atoms with Gasteiger partial charge in [0.15, 0.2) is 5.72 Å². The van der Waals surface area contributed by atoms with Crippen molar-refractivity contribution in [1.82, 2.24) is 0 Å². The number of ether oxygens (including phenoxy) is 1. The lowest BCUT2D eigenvalue weighted by molar-refractivity contribution is -0.0114. The van der Waals surface area contributed by atoms with Gasteiger partial charge in [-0.05, 0) is 24.6 Å². The van der Waals surface area contributed by atoms with Gasteiger partial charge in [-0.25, -0.2) is 0 Å². The number of carbonyl (C=O) groups is 1. The molecule has 1 atom stereocenters. The fraction of sp³-hybridized carbons (Fsp3) is 0.235.